The van der Waals surface area contributed by atoms with Crippen LogP contribution < -0.4 is 4.90 Å². The Hall–Kier alpha value is -2.23. The zero-order chi connectivity index (χ0) is 12.1. The first-order chi connectivity index (χ1) is 8.33. The van der Waals surface area contributed by atoms with Crippen molar-refractivity contribution in [2.45, 2.75) is 13.3 Å². The fourth-order valence-electron chi connectivity index (χ4n) is 1.58. The summed E-state index contributed by atoms with van der Waals surface area (Å²) in [6.07, 6.45) is 5.15. The van der Waals surface area contributed by atoms with Crippen molar-refractivity contribution < 1.29 is 4.79 Å². The second-order valence-electron chi connectivity index (χ2n) is 3.51. The molecule has 0 saturated carbocycles. The highest BCUT2D eigenvalue weighted by Crippen LogP contribution is 2.24. The van der Waals surface area contributed by atoms with Gasteiger partial charge in [-0.3, -0.25) is 9.69 Å². The van der Waals surface area contributed by atoms with Crippen LogP contribution in [0.4, 0.5) is 11.4 Å². The normalized spacial score (nSPS) is 9.94. The number of aromatic nitrogens is 2. The van der Waals surface area contributed by atoms with E-state index in [1.54, 1.807) is 17.3 Å². The van der Waals surface area contributed by atoms with Crippen LogP contribution in [0.3, 0.4) is 0 Å². The van der Waals surface area contributed by atoms with Gasteiger partial charge in [0.2, 0.25) is 5.91 Å². The van der Waals surface area contributed by atoms with Crippen LogP contribution in [0.25, 0.3) is 0 Å². The smallest absolute Gasteiger partial charge is 0.231 e. The minimum atomic E-state index is 0.0194. The lowest BCUT2D eigenvalue weighted by Crippen LogP contribution is -2.25. The minimum Gasteiger partial charge on any atom is -0.278 e. The van der Waals surface area contributed by atoms with E-state index in [9.17, 15) is 4.79 Å². The molecule has 0 N–H and O–H groups in total. The largest absolute Gasteiger partial charge is 0.278 e. The van der Waals surface area contributed by atoms with E-state index < -0.39 is 0 Å². The van der Waals surface area contributed by atoms with E-state index in [4.69, 9.17) is 0 Å². The molecular weight excluding hydrogens is 214 g/mol. The van der Waals surface area contributed by atoms with Gasteiger partial charge in [-0.05, 0) is 12.1 Å². The summed E-state index contributed by atoms with van der Waals surface area (Å²) in [5.74, 6) is 0.0194. The molecule has 2 rings (SSSR count). The van der Waals surface area contributed by atoms with Gasteiger partial charge in [0.25, 0.3) is 0 Å². The second-order valence-corrected chi connectivity index (χ2v) is 3.51. The van der Waals surface area contributed by atoms with Gasteiger partial charge in [0.15, 0.2) is 0 Å². The number of amides is 1. The number of anilines is 2. The van der Waals surface area contributed by atoms with Gasteiger partial charge in [-0.1, -0.05) is 25.1 Å². The summed E-state index contributed by atoms with van der Waals surface area (Å²) in [6.45, 7) is 1.84. The van der Waals surface area contributed by atoms with Gasteiger partial charge in [0.05, 0.1) is 18.1 Å². The molecule has 1 heterocycles. The lowest BCUT2D eigenvalue weighted by atomic mass is 10.2. The summed E-state index contributed by atoms with van der Waals surface area (Å²) in [4.78, 5) is 21.5. The van der Waals surface area contributed by atoms with Crippen LogP contribution in [0.5, 0.6) is 0 Å². The van der Waals surface area contributed by atoms with Crippen molar-refractivity contribution in [1.29, 1.82) is 0 Å². The SMILES string of the molecule is CCC(=O)N(c1ccccc1)c1cncnc1. The zero-order valence-electron chi connectivity index (χ0n) is 9.58. The van der Waals surface area contributed by atoms with Crippen molar-refractivity contribution in [3.63, 3.8) is 0 Å². The third-order valence-electron chi connectivity index (χ3n) is 2.37. The predicted octanol–water partition coefficient (Wildman–Crippen LogP) is 2.55. The summed E-state index contributed by atoms with van der Waals surface area (Å²) >= 11 is 0. The first-order valence-electron chi connectivity index (χ1n) is 5.46. The molecule has 1 amide bonds. The van der Waals surface area contributed by atoms with E-state index in [-0.39, 0.29) is 5.91 Å². The van der Waals surface area contributed by atoms with Gasteiger partial charge in [-0.25, -0.2) is 9.97 Å². The maximum Gasteiger partial charge on any atom is 0.231 e. The van der Waals surface area contributed by atoms with Crippen LogP contribution in [0.2, 0.25) is 0 Å². The minimum absolute atomic E-state index is 0.0194. The molecule has 0 aliphatic carbocycles. The Morgan fingerprint density at radius 2 is 1.76 bits per heavy atom. The lowest BCUT2D eigenvalue weighted by Gasteiger charge is -2.21. The van der Waals surface area contributed by atoms with Gasteiger partial charge < -0.3 is 0 Å². The molecule has 0 aliphatic rings. The molecule has 1 aromatic carbocycles. The van der Waals surface area contributed by atoms with Crippen molar-refractivity contribution in [3.05, 3.63) is 49.1 Å². The summed E-state index contributed by atoms with van der Waals surface area (Å²) in [5, 5.41) is 0. The van der Waals surface area contributed by atoms with E-state index in [0.717, 1.165) is 5.69 Å². The standard InChI is InChI=1S/C13H13N3O/c1-2-13(17)16(11-6-4-3-5-7-11)12-8-14-10-15-9-12/h3-10H,2H2,1H3. The Kier molecular flexibility index (Phi) is 3.45. The molecule has 0 bridgehead atoms. The van der Waals surface area contributed by atoms with Gasteiger partial charge in [-0.2, -0.15) is 0 Å². The molecule has 86 valence electrons. The first kappa shape index (κ1) is 11.3. The molecule has 0 fully saturated rings. The number of para-hydroxylation sites is 1. The van der Waals surface area contributed by atoms with Gasteiger partial charge in [0.1, 0.15) is 6.33 Å². The molecule has 0 saturated heterocycles. The molecule has 17 heavy (non-hydrogen) atoms. The van der Waals surface area contributed by atoms with E-state index >= 15 is 0 Å². The molecule has 2 aromatic rings. The van der Waals surface area contributed by atoms with E-state index in [2.05, 4.69) is 9.97 Å². The number of rotatable bonds is 3. The molecule has 0 aliphatic heterocycles. The highest BCUT2D eigenvalue weighted by Gasteiger charge is 2.16. The third-order valence-corrected chi connectivity index (χ3v) is 2.37. The number of carbonyl (C=O) groups excluding carboxylic acids is 1. The molecule has 0 unspecified atom stereocenters. The van der Waals surface area contributed by atoms with Crippen molar-refractivity contribution in [2.75, 3.05) is 4.90 Å². The summed E-state index contributed by atoms with van der Waals surface area (Å²) in [7, 11) is 0. The van der Waals surface area contributed by atoms with Crippen molar-refractivity contribution in [2.24, 2.45) is 0 Å². The number of hydrogen-bond donors (Lipinski definition) is 0. The molecule has 0 atom stereocenters. The maximum atomic E-state index is 12.0. The maximum absolute atomic E-state index is 12.0. The highest BCUT2D eigenvalue weighted by molar-refractivity contribution is 5.99. The molecular formula is C13H13N3O. The Balaban J connectivity index is 2.43. The summed E-state index contributed by atoms with van der Waals surface area (Å²) < 4.78 is 0. The summed E-state index contributed by atoms with van der Waals surface area (Å²) in [6, 6.07) is 9.49. The van der Waals surface area contributed by atoms with Crippen molar-refractivity contribution >= 4 is 17.3 Å². The van der Waals surface area contributed by atoms with Crippen molar-refractivity contribution in [3.8, 4) is 0 Å². The highest BCUT2D eigenvalue weighted by atomic mass is 16.2. The fourth-order valence-corrected chi connectivity index (χ4v) is 1.58. The van der Waals surface area contributed by atoms with E-state index in [0.29, 0.717) is 12.1 Å². The van der Waals surface area contributed by atoms with E-state index in [1.807, 2.05) is 37.3 Å². The molecule has 0 spiro atoms. The Morgan fingerprint density at radius 3 is 2.35 bits per heavy atom. The number of benzene rings is 1. The van der Waals surface area contributed by atoms with Gasteiger partial charge in [-0.15, -0.1) is 0 Å². The van der Waals surface area contributed by atoms with Crippen LogP contribution in [0.1, 0.15) is 13.3 Å². The van der Waals surface area contributed by atoms with Gasteiger partial charge in [0, 0.05) is 12.1 Å². The van der Waals surface area contributed by atoms with Crippen LogP contribution in [0.15, 0.2) is 49.1 Å². The van der Waals surface area contributed by atoms with Crippen LogP contribution in [-0.4, -0.2) is 15.9 Å². The predicted molar refractivity (Wildman–Crippen MR) is 65.9 cm³/mol. The zero-order valence-corrected chi connectivity index (χ0v) is 9.58. The quantitative estimate of drug-likeness (QED) is 0.809. The topological polar surface area (TPSA) is 46.1 Å². The van der Waals surface area contributed by atoms with Crippen LogP contribution >= 0.6 is 0 Å². The molecule has 0 radical (unpaired) electrons. The Labute approximate surface area is 99.9 Å². The monoisotopic (exact) mass is 227 g/mol. The first-order valence-corrected chi connectivity index (χ1v) is 5.46. The Morgan fingerprint density at radius 1 is 1.12 bits per heavy atom. The fraction of sp³-hybridized carbons (Fsp3) is 0.154. The Bertz CT molecular complexity index is 445. The van der Waals surface area contributed by atoms with E-state index in [1.165, 1.54) is 6.33 Å². The number of nitrogens with zero attached hydrogens (tertiary/aromatic N) is 3. The molecule has 1 aromatic heterocycles. The molecule has 4 heteroatoms. The van der Waals surface area contributed by atoms with Gasteiger partial charge >= 0.3 is 0 Å². The average Bonchev–Trinajstić information content (AvgIpc) is 2.41. The van der Waals surface area contributed by atoms with Crippen LogP contribution in [-0.2, 0) is 4.79 Å². The van der Waals surface area contributed by atoms with Crippen molar-refractivity contribution in [1.82, 2.24) is 9.97 Å². The second kappa shape index (κ2) is 5.21. The third kappa shape index (κ3) is 2.47. The van der Waals surface area contributed by atoms with Crippen LogP contribution in [0, 0.1) is 0 Å². The number of hydrogen-bond acceptors (Lipinski definition) is 3. The number of carbonyl (C=O) groups is 1. The summed E-state index contributed by atoms with van der Waals surface area (Å²) in [5.41, 5.74) is 1.51. The average molecular weight is 227 g/mol. The lowest BCUT2D eigenvalue weighted by molar-refractivity contribution is -0.117. The molecule has 4 nitrogen and oxygen atoms in total.